The van der Waals surface area contributed by atoms with Crippen molar-refractivity contribution in [3.63, 3.8) is 0 Å². The molecule has 1 unspecified atom stereocenters. The highest BCUT2D eigenvalue weighted by molar-refractivity contribution is 6.74. The van der Waals surface area contributed by atoms with Gasteiger partial charge in [0.25, 0.3) is 5.56 Å². The van der Waals surface area contributed by atoms with E-state index in [2.05, 4.69) is 38.8 Å². The molecule has 0 saturated carbocycles. The third-order valence-electron chi connectivity index (χ3n) is 5.86. The first-order chi connectivity index (χ1) is 11.9. The van der Waals surface area contributed by atoms with Gasteiger partial charge in [0.05, 0.1) is 19.3 Å². The van der Waals surface area contributed by atoms with E-state index in [1.807, 2.05) is 6.92 Å². The standard InChI is InChI=1S/C17H30N2O6Si/c1-11-13(25-26(5,6)16(2,3)4)14(24-17(11,9-20)10-21)19-8-7-12(22)18-15(19)23/h7-8,11,13-14,20-21H,9-10H2,1-6H3,(H,18,22,23)/t11-,13?,14+/m0/s1. The second kappa shape index (κ2) is 7.04. The molecule has 8 nitrogen and oxygen atoms in total. The minimum Gasteiger partial charge on any atom is -0.409 e. The number of ether oxygens (including phenoxy) is 1. The lowest BCUT2D eigenvalue weighted by Crippen LogP contribution is -2.49. The lowest BCUT2D eigenvalue weighted by atomic mass is 9.88. The number of aliphatic hydroxyl groups excluding tert-OH is 2. The summed E-state index contributed by atoms with van der Waals surface area (Å²) < 4.78 is 13.8. The second-order valence-corrected chi connectivity index (χ2v) is 13.3. The van der Waals surface area contributed by atoms with Gasteiger partial charge in [0.2, 0.25) is 0 Å². The van der Waals surface area contributed by atoms with E-state index in [1.54, 1.807) is 0 Å². The lowest BCUT2D eigenvalue weighted by molar-refractivity contribution is -0.137. The molecule has 26 heavy (non-hydrogen) atoms. The van der Waals surface area contributed by atoms with Crippen molar-refractivity contribution >= 4 is 8.32 Å². The fourth-order valence-electron chi connectivity index (χ4n) is 2.89. The second-order valence-electron chi connectivity index (χ2n) is 8.54. The highest BCUT2D eigenvalue weighted by Gasteiger charge is 2.56. The summed E-state index contributed by atoms with van der Waals surface area (Å²) in [7, 11) is -2.23. The Balaban J connectivity index is 2.52. The molecule has 0 bridgehead atoms. The minimum atomic E-state index is -2.23. The Bertz CT molecular complexity index is 747. The van der Waals surface area contributed by atoms with Gasteiger partial charge in [-0.2, -0.15) is 0 Å². The number of nitrogens with one attached hydrogen (secondary N) is 1. The van der Waals surface area contributed by atoms with Crippen LogP contribution in [0.15, 0.2) is 21.9 Å². The van der Waals surface area contributed by atoms with Crippen molar-refractivity contribution in [2.45, 2.75) is 63.8 Å². The molecule has 1 aliphatic rings. The van der Waals surface area contributed by atoms with Crippen molar-refractivity contribution < 1.29 is 19.4 Å². The zero-order valence-corrected chi connectivity index (χ0v) is 17.3. The first-order valence-corrected chi connectivity index (χ1v) is 11.7. The largest absolute Gasteiger partial charge is 0.409 e. The highest BCUT2D eigenvalue weighted by atomic mass is 28.4. The summed E-state index contributed by atoms with van der Waals surface area (Å²) in [5, 5.41) is 19.7. The van der Waals surface area contributed by atoms with Crippen LogP contribution in [0.3, 0.4) is 0 Å². The van der Waals surface area contributed by atoms with Crippen molar-refractivity contribution in [1.29, 1.82) is 0 Å². The maximum absolute atomic E-state index is 12.3. The molecule has 0 spiro atoms. The topological polar surface area (TPSA) is 114 Å². The normalized spacial score (nSPS) is 26.2. The highest BCUT2D eigenvalue weighted by Crippen LogP contribution is 2.46. The smallest absolute Gasteiger partial charge is 0.330 e. The summed E-state index contributed by atoms with van der Waals surface area (Å²) in [6.07, 6.45) is -0.0626. The molecule has 1 fully saturated rings. The van der Waals surface area contributed by atoms with E-state index in [0.29, 0.717) is 0 Å². The Labute approximate surface area is 153 Å². The molecule has 2 rings (SSSR count). The van der Waals surface area contributed by atoms with Gasteiger partial charge < -0.3 is 19.4 Å². The van der Waals surface area contributed by atoms with Crippen molar-refractivity contribution in [1.82, 2.24) is 9.55 Å². The number of rotatable bonds is 5. The van der Waals surface area contributed by atoms with Gasteiger partial charge in [-0.1, -0.05) is 27.7 Å². The number of nitrogens with zero attached hydrogens (tertiary/aromatic N) is 1. The molecule has 1 saturated heterocycles. The number of hydrogen-bond donors (Lipinski definition) is 3. The summed E-state index contributed by atoms with van der Waals surface area (Å²) in [5.41, 5.74) is -2.35. The Morgan fingerprint density at radius 3 is 2.35 bits per heavy atom. The molecule has 3 N–H and O–H groups in total. The Morgan fingerprint density at radius 1 is 1.31 bits per heavy atom. The van der Waals surface area contributed by atoms with E-state index in [9.17, 15) is 19.8 Å². The van der Waals surface area contributed by atoms with Gasteiger partial charge in [-0.3, -0.25) is 14.3 Å². The molecular formula is C17H30N2O6Si. The molecule has 9 heteroatoms. The van der Waals surface area contributed by atoms with Crippen molar-refractivity contribution in [2.75, 3.05) is 13.2 Å². The van der Waals surface area contributed by atoms with Crippen molar-refractivity contribution in [3.05, 3.63) is 33.1 Å². The van der Waals surface area contributed by atoms with Crippen LogP contribution in [0.1, 0.15) is 33.9 Å². The molecule has 148 valence electrons. The summed E-state index contributed by atoms with van der Waals surface area (Å²) in [4.78, 5) is 25.9. The van der Waals surface area contributed by atoms with Crippen LogP contribution in [-0.2, 0) is 9.16 Å². The van der Waals surface area contributed by atoms with Crippen LogP contribution in [0, 0.1) is 5.92 Å². The third kappa shape index (κ3) is 3.59. The van der Waals surface area contributed by atoms with Gasteiger partial charge >= 0.3 is 5.69 Å². The minimum absolute atomic E-state index is 0.0725. The van der Waals surface area contributed by atoms with E-state index in [1.165, 1.54) is 16.8 Å². The number of H-pyrrole nitrogens is 1. The Kier molecular flexibility index (Phi) is 5.70. The lowest BCUT2D eigenvalue weighted by Gasteiger charge is -2.40. The quantitative estimate of drug-likeness (QED) is 0.646. The van der Waals surface area contributed by atoms with Gasteiger partial charge in [0.15, 0.2) is 14.5 Å². The van der Waals surface area contributed by atoms with E-state index < -0.39 is 50.7 Å². The molecule has 2 heterocycles. The van der Waals surface area contributed by atoms with E-state index >= 15 is 0 Å². The predicted molar refractivity (Wildman–Crippen MR) is 99.6 cm³/mol. The molecular weight excluding hydrogens is 356 g/mol. The monoisotopic (exact) mass is 386 g/mol. The third-order valence-corrected chi connectivity index (χ3v) is 10.3. The molecule has 3 atom stereocenters. The first kappa shape index (κ1) is 21.0. The predicted octanol–water partition coefficient (Wildman–Crippen LogP) is 0.815. The number of aliphatic hydroxyl groups is 2. The zero-order chi connectivity index (χ0) is 19.9. The van der Waals surface area contributed by atoms with E-state index in [4.69, 9.17) is 9.16 Å². The van der Waals surface area contributed by atoms with Gasteiger partial charge in [0.1, 0.15) is 5.60 Å². The summed E-state index contributed by atoms with van der Waals surface area (Å²) >= 11 is 0. The average molecular weight is 387 g/mol. The van der Waals surface area contributed by atoms with Crippen LogP contribution in [0.4, 0.5) is 0 Å². The molecule has 0 aliphatic carbocycles. The SMILES string of the molecule is C[C@H]1C(O[Si](C)(C)C(C)(C)C)[C@H](n2ccc(=O)[nH]c2=O)OC1(CO)CO. The number of hydrogen-bond acceptors (Lipinski definition) is 6. The Hall–Kier alpha value is -1.26. The van der Waals surface area contributed by atoms with Gasteiger partial charge in [0, 0.05) is 18.2 Å². The van der Waals surface area contributed by atoms with Crippen molar-refractivity contribution in [3.8, 4) is 0 Å². The van der Waals surface area contributed by atoms with E-state index in [0.717, 1.165) is 0 Å². The average Bonchev–Trinajstić information content (AvgIpc) is 2.79. The van der Waals surface area contributed by atoms with Gasteiger partial charge in [-0.05, 0) is 18.1 Å². The molecule has 0 amide bonds. The number of aromatic amines is 1. The Morgan fingerprint density at radius 2 is 1.88 bits per heavy atom. The maximum Gasteiger partial charge on any atom is 0.330 e. The molecule has 1 aromatic rings. The fourth-order valence-corrected chi connectivity index (χ4v) is 4.25. The number of aromatic nitrogens is 2. The van der Waals surface area contributed by atoms with Crippen LogP contribution >= 0.6 is 0 Å². The van der Waals surface area contributed by atoms with Crippen LogP contribution in [0.5, 0.6) is 0 Å². The van der Waals surface area contributed by atoms with Crippen LogP contribution in [0.25, 0.3) is 0 Å². The van der Waals surface area contributed by atoms with Crippen molar-refractivity contribution in [2.24, 2.45) is 5.92 Å². The summed E-state index contributed by atoms with van der Waals surface area (Å²) in [6, 6.07) is 1.23. The molecule has 0 aromatic carbocycles. The van der Waals surface area contributed by atoms with Gasteiger partial charge in [-0.25, -0.2) is 4.79 Å². The fraction of sp³-hybridized carbons (Fsp3) is 0.765. The van der Waals surface area contributed by atoms with Crippen LogP contribution in [0.2, 0.25) is 18.1 Å². The van der Waals surface area contributed by atoms with Crippen LogP contribution in [-0.4, -0.2) is 53.0 Å². The molecule has 1 aliphatic heterocycles. The maximum atomic E-state index is 12.3. The zero-order valence-electron chi connectivity index (χ0n) is 16.3. The summed E-state index contributed by atoms with van der Waals surface area (Å²) in [5.74, 6) is -0.365. The molecule has 0 radical (unpaired) electrons. The van der Waals surface area contributed by atoms with Gasteiger partial charge in [-0.15, -0.1) is 0 Å². The van der Waals surface area contributed by atoms with E-state index in [-0.39, 0.29) is 11.0 Å². The summed E-state index contributed by atoms with van der Waals surface area (Å²) in [6.45, 7) is 11.5. The molecule has 1 aromatic heterocycles. The van der Waals surface area contributed by atoms with Crippen LogP contribution < -0.4 is 11.2 Å². The first-order valence-electron chi connectivity index (χ1n) is 8.77.